The molecule has 0 spiro atoms. The molecule has 3 aromatic carbocycles. The fraction of sp³-hybridized carbons (Fsp3) is 0.280. The van der Waals surface area contributed by atoms with Gasteiger partial charge in [0.1, 0.15) is 5.75 Å². The predicted octanol–water partition coefficient (Wildman–Crippen LogP) is 4.60. The van der Waals surface area contributed by atoms with Gasteiger partial charge in [0.25, 0.3) is 0 Å². The summed E-state index contributed by atoms with van der Waals surface area (Å²) in [6.45, 7) is 2.92. The molecular formula is C25H28N2O. The Morgan fingerprint density at radius 3 is 2.50 bits per heavy atom. The zero-order chi connectivity index (χ0) is 19.2. The molecule has 1 aliphatic heterocycles. The monoisotopic (exact) mass is 372 g/mol. The second kappa shape index (κ2) is 9.05. The molecule has 0 unspecified atom stereocenters. The van der Waals surface area contributed by atoms with Crippen LogP contribution < -0.4 is 15.4 Å². The first-order valence-electron chi connectivity index (χ1n) is 10.1. The lowest BCUT2D eigenvalue weighted by molar-refractivity contribution is 0.342. The molecule has 3 aromatic rings. The second-order valence-electron chi connectivity index (χ2n) is 7.43. The minimum absolute atomic E-state index is 0.419. The Morgan fingerprint density at radius 2 is 1.71 bits per heavy atom. The number of methoxy groups -OCH3 is 1. The summed E-state index contributed by atoms with van der Waals surface area (Å²) in [6, 6.07) is 28.4. The lowest BCUT2D eigenvalue weighted by Crippen LogP contribution is -2.47. The molecule has 1 fully saturated rings. The summed E-state index contributed by atoms with van der Waals surface area (Å²) < 4.78 is 5.34. The van der Waals surface area contributed by atoms with Crippen molar-refractivity contribution in [3.63, 3.8) is 0 Å². The lowest BCUT2D eigenvalue weighted by atomic mass is 9.85. The van der Waals surface area contributed by atoms with E-state index in [0.29, 0.717) is 12.0 Å². The van der Waals surface area contributed by atoms with E-state index >= 15 is 0 Å². The van der Waals surface area contributed by atoms with E-state index < -0.39 is 0 Å². The van der Waals surface area contributed by atoms with E-state index in [9.17, 15) is 0 Å². The molecule has 1 saturated heterocycles. The van der Waals surface area contributed by atoms with E-state index in [1.165, 1.54) is 22.3 Å². The normalized spacial score (nSPS) is 19.3. The maximum Gasteiger partial charge on any atom is 0.119 e. The van der Waals surface area contributed by atoms with E-state index in [2.05, 4.69) is 83.4 Å². The summed E-state index contributed by atoms with van der Waals surface area (Å²) in [4.78, 5) is 0. The van der Waals surface area contributed by atoms with E-state index in [1.807, 2.05) is 6.07 Å². The van der Waals surface area contributed by atoms with E-state index in [0.717, 1.165) is 31.8 Å². The lowest BCUT2D eigenvalue weighted by Gasteiger charge is -2.33. The number of hydrogen-bond acceptors (Lipinski definition) is 3. The molecule has 0 amide bonds. The van der Waals surface area contributed by atoms with Crippen molar-refractivity contribution in [1.82, 2.24) is 10.6 Å². The molecule has 3 heteroatoms. The molecule has 1 heterocycles. The van der Waals surface area contributed by atoms with Crippen LogP contribution in [0.3, 0.4) is 0 Å². The van der Waals surface area contributed by atoms with Crippen LogP contribution in [0.1, 0.15) is 23.5 Å². The summed E-state index contributed by atoms with van der Waals surface area (Å²) in [5.74, 6) is 1.44. The average molecular weight is 373 g/mol. The van der Waals surface area contributed by atoms with Crippen LogP contribution in [0, 0.1) is 0 Å². The van der Waals surface area contributed by atoms with Gasteiger partial charge in [-0.1, -0.05) is 66.7 Å². The topological polar surface area (TPSA) is 33.3 Å². The first-order valence-corrected chi connectivity index (χ1v) is 10.1. The van der Waals surface area contributed by atoms with Crippen LogP contribution in [-0.2, 0) is 6.54 Å². The Bertz CT molecular complexity index is 877. The highest BCUT2D eigenvalue weighted by Gasteiger charge is 2.26. The molecular weight excluding hydrogens is 344 g/mol. The highest BCUT2D eigenvalue weighted by Crippen LogP contribution is 2.28. The molecule has 0 aromatic heterocycles. The minimum atomic E-state index is 0.419. The first-order chi connectivity index (χ1) is 13.8. The van der Waals surface area contributed by atoms with Crippen LogP contribution in [0.15, 0.2) is 78.9 Å². The summed E-state index contributed by atoms with van der Waals surface area (Å²) in [5, 5.41) is 7.31. The zero-order valence-electron chi connectivity index (χ0n) is 16.4. The SMILES string of the molecule is COc1cccc(CN[C@H]2CNCC[C@@H]2c2ccc(-c3ccccc3)cc2)c1. The number of rotatable bonds is 6. The van der Waals surface area contributed by atoms with E-state index in [4.69, 9.17) is 4.74 Å². The molecule has 2 atom stereocenters. The van der Waals surface area contributed by atoms with Gasteiger partial charge in [-0.25, -0.2) is 0 Å². The van der Waals surface area contributed by atoms with Gasteiger partial charge in [0, 0.05) is 25.0 Å². The van der Waals surface area contributed by atoms with E-state index in [-0.39, 0.29) is 0 Å². The molecule has 0 radical (unpaired) electrons. The molecule has 3 nitrogen and oxygen atoms in total. The van der Waals surface area contributed by atoms with Crippen molar-refractivity contribution >= 4 is 0 Å². The maximum absolute atomic E-state index is 5.34. The number of ether oxygens (including phenoxy) is 1. The summed E-state index contributed by atoms with van der Waals surface area (Å²) in [7, 11) is 1.72. The third-order valence-electron chi connectivity index (χ3n) is 5.63. The second-order valence-corrected chi connectivity index (χ2v) is 7.43. The standard InChI is InChI=1S/C25H28N2O/c1-28-23-9-5-6-19(16-23)17-27-25-18-26-15-14-24(25)22-12-10-21(11-13-22)20-7-3-2-4-8-20/h2-13,16,24-27H,14-15,17-18H2,1H3/t24-,25+/m1/s1. The summed E-state index contributed by atoms with van der Waals surface area (Å²) in [6.07, 6.45) is 1.15. The Kier molecular flexibility index (Phi) is 6.05. The van der Waals surface area contributed by atoms with E-state index in [1.54, 1.807) is 7.11 Å². The molecule has 0 saturated carbocycles. The van der Waals surface area contributed by atoms with Crippen LogP contribution in [0.25, 0.3) is 11.1 Å². The van der Waals surface area contributed by atoms with Crippen LogP contribution in [0.5, 0.6) is 5.75 Å². The quantitative estimate of drug-likeness (QED) is 0.664. The highest BCUT2D eigenvalue weighted by molar-refractivity contribution is 5.63. The highest BCUT2D eigenvalue weighted by atomic mass is 16.5. The van der Waals surface area contributed by atoms with Crippen LogP contribution >= 0.6 is 0 Å². The first kappa shape index (κ1) is 18.7. The number of benzene rings is 3. The van der Waals surface area contributed by atoms with Crippen molar-refractivity contribution in [3.8, 4) is 16.9 Å². The van der Waals surface area contributed by atoms with Crippen molar-refractivity contribution in [2.75, 3.05) is 20.2 Å². The van der Waals surface area contributed by atoms with Gasteiger partial charge in [0.05, 0.1) is 7.11 Å². The van der Waals surface area contributed by atoms with Crippen molar-refractivity contribution in [2.24, 2.45) is 0 Å². The van der Waals surface area contributed by atoms with Crippen molar-refractivity contribution in [1.29, 1.82) is 0 Å². The van der Waals surface area contributed by atoms with Gasteiger partial charge in [0.15, 0.2) is 0 Å². The number of nitrogens with one attached hydrogen (secondary N) is 2. The van der Waals surface area contributed by atoms with Gasteiger partial charge in [-0.3, -0.25) is 0 Å². The number of piperidine rings is 1. The Morgan fingerprint density at radius 1 is 0.929 bits per heavy atom. The largest absolute Gasteiger partial charge is 0.497 e. The fourth-order valence-electron chi connectivity index (χ4n) is 4.06. The minimum Gasteiger partial charge on any atom is -0.497 e. The van der Waals surface area contributed by atoms with Gasteiger partial charge >= 0.3 is 0 Å². The molecule has 144 valence electrons. The Hall–Kier alpha value is -2.62. The average Bonchev–Trinajstić information content (AvgIpc) is 2.79. The third kappa shape index (κ3) is 4.44. The van der Waals surface area contributed by atoms with Crippen molar-refractivity contribution in [2.45, 2.75) is 24.9 Å². The van der Waals surface area contributed by atoms with Crippen molar-refractivity contribution in [3.05, 3.63) is 90.0 Å². The van der Waals surface area contributed by atoms with Crippen molar-refractivity contribution < 1.29 is 4.74 Å². The molecule has 28 heavy (non-hydrogen) atoms. The summed E-state index contributed by atoms with van der Waals surface area (Å²) >= 11 is 0. The molecule has 4 rings (SSSR count). The Labute approximate surface area is 167 Å². The molecule has 0 aliphatic carbocycles. The molecule has 0 bridgehead atoms. The Balaban J connectivity index is 1.46. The summed E-state index contributed by atoms with van der Waals surface area (Å²) in [5.41, 5.74) is 5.22. The van der Waals surface area contributed by atoms with Gasteiger partial charge in [-0.05, 0) is 47.4 Å². The predicted molar refractivity (Wildman–Crippen MR) is 116 cm³/mol. The molecule has 2 N–H and O–H groups in total. The zero-order valence-corrected chi connectivity index (χ0v) is 16.4. The van der Waals surface area contributed by atoms with Crippen LogP contribution in [0.4, 0.5) is 0 Å². The van der Waals surface area contributed by atoms with Gasteiger partial charge < -0.3 is 15.4 Å². The number of hydrogen-bond donors (Lipinski definition) is 2. The van der Waals surface area contributed by atoms with Crippen LogP contribution in [-0.4, -0.2) is 26.2 Å². The third-order valence-corrected chi connectivity index (χ3v) is 5.63. The van der Waals surface area contributed by atoms with Gasteiger partial charge in [0.2, 0.25) is 0 Å². The van der Waals surface area contributed by atoms with Gasteiger partial charge in [-0.15, -0.1) is 0 Å². The fourth-order valence-corrected chi connectivity index (χ4v) is 4.06. The maximum atomic E-state index is 5.34. The van der Waals surface area contributed by atoms with Gasteiger partial charge in [-0.2, -0.15) is 0 Å². The molecule has 1 aliphatic rings. The van der Waals surface area contributed by atoms with Crippen LogP contribution in [0.2, 0.25) is 0 Å². The smallest absolute Gasteiger partial charge is 0.119 e.